The Labute approximate surface area is 187 Å². The van der Waals surface area contributed by atoms with Crippen molar-refractivity contribution in [1.29, 1.82) is 0 Å². The van der Waals surface area contributed by atoms with Crippen LogP contribution in [0.5, 0.6) is 11.5 Å². The molecular weight excluding hydrogens is 388 g/mol. The predicted octanol–water partition coefficient (Wildman–Crippen LogP) is 5.88. The van der Waals surface area contributed by atoms with Crippen LogP contribution >= 0.6 is 0 Å². The van der Waals surface area contributed by atoms with Crippen molar-refractivity contribution in [2.75, 3.05) is 19.8 Å². The molecular formula is C27H38O4. The molecule has 2 aliphatic rings. The normalized spacial score (nSPS) is 23.6. The van der Waals surface area contributed by atoms with Crippen LogP contribution in [-0.2, 0) is 10.2 Å². The van der Waals surface area contributed by atoms with E-state index in [0.717, 1.165) is 61.7 Å². The van der Waals surface area contributed by atoms with E-state index in [2.05, 4.69) is 25.7 Å². The van der Waals surface area contributed by atoms with Gasteiger partial charge in [0.2, 0.25) is 0 Å². The molecule has 1 aliphatic heterocycles. The molecule has 2 atom stereocenters. The molecule has 1 aromatic carbocycles. The number of benzene rings is 1. The first-order chi connectivity index (χ1) is 14.9. The summed E-state index contributed by atoms with van der Waals surface area (Å²) in [7, 11) is 0. The minimum absolute atomic E-state index is 0.00465. The summed E-state index contributed by atoms with van der Waals surface area (Å²) in [5.41, 5.74) is 3.23. The first-order valence-electron chi connectivity index (χ1n) is 11.7. The van der Waals surface area contributed by atoms with Gasteiger partial charge in [0.05, 0.1) is 6.61 Å². The zero-order valence-electron chi connectivity index (χ0n) is 19.1. The highest BCUT2D eigenvalue weighted by Gasteiger charge is 2.35. The Morgan fingerprint density at radius 3 is 2.48 bits per heavy atom. The van der Waals surface area contributed by atoms with Gasteiger partial charge >= 0.3 is 0 Å². The van der Waals surface area contributed by atoms with Crippen LogP contribution in [0, 0.1) is 5.92 Å². The van der Waals surface area contributed by atoms with Crippen LogP contribution in [-0.4, -0.2) is 35.1 Å². The van der Waals surface area contributed by atoms with Crippen molar-refractivity contribution in [2.24, 2.45) is 5.92 Å². The molecule has 0 bridgehead atoms. The summed E-state index contributed by atoms with van der Waals surface area (Å²) in [6.07, 6.45) is 13.2. The number of phenolic OH excluding ortho intramolecular Hbond substituents is 2. The lowest BCUT2D eigenvalue weighted by Gasteiger charge is -2.36. The lowest BCUT2D eigenvalue weighted by atomic mass is 9.71. The maximum atomic E-state index is 11.1. The summed E-state index contributed by atoms with van der Waals surface area (Å²) in [6.45, 7) is 9.67. The molecule has 1 aliphatic carbocycles. The summed E-state index contributed by atoms with van der Waals surface area (Å²) in [6, 6.07) is 3.67. The third-order valence-electron chi connectivity index (χ3n) is 7.05. The first kappa shape index (κ1) is 23.6. The van der Waals surface area contributed by atoms with Crippen LogP contribution in [0.15, 0.2) is 48.1 Å². The number of aliphatic hydroxyl groups is 1. The standard InChI is InChI=1S/C27H38O4/c1-4-5-6-7-10-27(11-13-31-14-12-27)21-16-24(29)26(25(30)17-21)23-15-20(18-28)8-9-22(23)19(2)3/h7,10,15-17,22-23,28-30H,2,4-6,8-9,11-14,18H2,1,3H3/b10-7-/t22-,23+/m1/s1. The lowest BCUT2D eigenvalue weighted by molar-refractivity contribution is 0.0651. The van der Waals surface area contributed by atoms with E-state index in [1.54, 1.807) is 0 Å². The largest absolute Gasteiger partial charge is 0.507 e. The van der Waals surface area contributed by atoms with Gasteiger partial charge in [-0.05, 0) is 68.2 Å². The van der Waals surface area contributed by atoms with E-state index in [0.29, 0.717) is 18.8 Å². The van der Waals surface area contributed by atoms with E-state index in [4.69, 9.17) is 4.74 Å². The average molecular weight is 427 g/mol. The van der Waals surface area contributed by atoms with Gasteiger partial charge in [-0.2, -0.15) is 0 Å². The third kappa shape index (κ3) is 5.24. The molecule has 4 nitrogen and oxygen atoms in total. The van der Waals surface area contributed by atoms with Gasteiger partial charge in [0.25, 0.3) is 0 Å². The molecule has 0 saturated carbocycles. The Morgan fingerprint density at radius 1 is 1.23 bits per heavy atom. The molecule has 0 spiro atoms. The fourth-order valence-electron chi connectivity index (χ4n) is 5.11. The number of aliphatic hydroxyl groups excluding tert-OH is 1. The third-order valence-corrected chi connectivity index (χ3v) is 7.05. The Bertz CT molecular complexity index is 807. The highest BCUT2D eigenvalue weighted by atomic mass is 16.5. The average Bonchev–Trinajstić information content (AvgIpc) is 2.76. The minimum Gasteiger partial charge on any atom is -0.507 e. The molecule has 3 N–H and O–H groups in total. The highest BCUT2D eigenvalue weighted by molar-refractivity contribution is 5.54. The molecule has 1 heterocycles. The maximum absolute atomic E-state index is 11.1. The summed E-state index contributed by atoms with van der Waals surface area (Å²) >= 11 is 0. The zero-order valence-corrected chi connectivity index (χ0v) is 19.1. The maximum Gasteiger partial charge on any atom is 0.123 e. The Balaban J connectivity index is 2.01. The molecule has 31 heavy (non-hydrogen) atoms. The van der Waals surface area contributed by atoms with Crippen molar-refractivity contribution in [3.63, 3.8) is 0 Å². The number of rotatable bonds is 8. The van der Waals surface area contributed by atoms with Crippen molar-refractivity contribution < 1.29 is 20.1 Å². The van der Waals surface area contributed by atoms with Gasteiger partial charge in [-0.3, -0.25) is 0 Å². The SMILES string of the molecule is C=C(C)[C@H]1CCC(CO)=C[C@@H]1c1c(O)cc(C2(/C=C\CCCC)CCOCC2)cc1O. The number of hydrogen-bond donors (Lipinski definition) is 3. The molecule has 0 radical (unpaired) electrons. The van der Waals surface area contributed by atoms with E-state index in [1.807, 2.05) is 25.1 Å². The summed E-state index contributed by atoms with van der Waals surface area (Å²) in [5.74, 6) is 0.182. The van der Waals surface area contributed by atoms with Gasteiger partial charge < -0.3 is 20.1 Å². The summed E-state index contributed by atoms with van der Waals surface area (Å²) in [5, 5.41) is 31.9. The number of aromatic hydroxyl groups is 2. The van der Waals surface area contributed by atoms with Crippen molar-refractivity contribution in [1.82, 2.24) is 0 Å². The van der Waals surface area contributed by atoms with E-state index in [-0.39, 0.29) is 35.4 Å². The summed E-state index contributed by atoms with van der Waals surface area (Å²) < 4.78 is 5.62. The topological polar surface area (TPSA) is 69.9 Å². The minimum atomic E-state index is -0.230. The molecule has 0 aromatic heterocycles. The van der Waals surface area contributed by atoms with Gasteiger partial charge in [0.1, 0.15) is 11.5 Å². The number of hydrogen-bond acceptors (Lipinski definition) is 4. The molecule has 3 rings (SSSR count). The van der Waals surface area contributed by atoms with Crippen LogP contribution < -0.4 is 0 Å². The van der Waals surface area contributed by atoms with Gasteiger partial charge in [0, 0.05) is 30.1 Å². The van der Waals surface area contributed by atoms with Crippen LogP contribution in [0.3, 0.4) is 0 Å². The molecule has 1 aromatic rings. The van der Waals surface area contributed by atoms with Gasteiger partial charge in [0.15, 0.2) is 0 Å². The molecule has 4 heteroatoms. The molecule has 1 saturated heterocycles. The monoisotopic (exact) mass is 426 g/mol. The Morgan fingerprint density at radius 2 is 1.90 bits per heavy atom. The number of ether oxygens (including phenoxy) is 1. The van der Waals surface area contributed by atoms with Gasteiger partial charge in [-0.1, -0.05) is 50.1 Å². The van der Waals surface area contributed by atoms with E-state index < -0.39 is 0 Å². The van der Waals surface area contributed by atoms with Crippen molar-refractivity contribution in [2.45, 2.75) is 70.1 Å². The fourth-order valence-corrected chi connectivity index (χ4v) is 5.11. The second kappa shape index (κ2) is 10.5. The quantitative estimate of drug-likeness (QED) is 0.359. The van der Waals surface area contributed by atoms with Crippen molar-refractivity contribution in [3.8, 4) is 11.5 Å². The molecule has 170 valence electrons. The van der Waals surface area contributed by atoms with Crippen molar-refractivity contribution >= 4 is 0 Å². The van der Waals surface area contributed by atoms with Crippen LogP contribution in [0.1, 0.15) is 75.8 Å². The van der Waals surface area contributed by atoms with Gasteiger partial charge in [-0.15, -0.1) is 0 Å². The Hall–Kier alpha value is -2.04. The first-order valence-corrected chi connectivity index (χ1v) is 11.7. The predicted molar refractivity (Wildman–Crippen MR) is 126 cm³/mol. The van der Waals surface area contributed by atoms with E-state index >= 15 is 0 Å². The zero-order chi connectivity index (χ0) is 22.4. The van der Waals surface area contributed by atoms with Crippen LogP contribution in [0.2, 0.25) is 0 Å². The number of unbranched alkanes of at least 4 members (excludes halogenated alkanes) is 2. The molecule has 0 unspecified atom stereocenters. The van der Waals surface area contributed by atoms with Crippen molar-refractivity contribution in [3.05, 3.63) is 59.2 Å². The van der Waals surface area contributed by atoms with E-state index in [9.17, 15) is 15.3 Å². The Kier molecular flexibility index (Phi) is 8.01. The second-order valence-electron chi connectivity index (χ2n) is 9.24. The summed E-state index contributed by atoms with van der Waals surface area (Å²) in [4.78, 5) is 0. The van der Waals surface area contributed by atoms with E-state index in [1.165, 1.54) is 0 Å². The molecule has 0 amide bonds. The number of phenols is 2. The molecule has 1 fully saturated rings. The second-order valence-corrected chi connectivity index (χ2v) is 9.24. The highest BCUT2D eigenvalue weighted by Crippen LogP contribution is 2.48. The fraction of sp³-hybridized carbons (Fsp3) is 0.556. The van der Waals surface area contributed by atoms with Crippen LogP contribution in [0.4, 0.5) is 0 Å². The van der Waals surface area contributed by atoms with Crippen LogP contribution in [0.25, 0.3) is 0 Å². The lowest BCUT2D eigenvalue weighted by Crippen LogP contribution is -2.32. The number of allylic oxidation sites excluding steroid dienone is 4. The smallest absolute Gasteiger partial charge is 0.123 e. The van der Waals surface area contributed by atoms with Gasteiger partial charge in [-0.25, -0.2) is 0 Å².